The molecule has 1 aliphatic heterocycles. The zero-order valence-electron chi connectivity index (χ0n) is 10.7. The normalized spacial score (nSPS) is 13.9. The highest BCUT2D eigenvalue weighted by molar-refractivity contribution is 5.69. The van der Waals surface area contributed by atoms with E-state index in [1.165, 1.54) is 11.1 Å². The third-order valence-corrected chi connectivity index (χ3v) is 3.54. The number of hydrogen-bond acceptors (Lipinski definition) is 3. The molecule has 0 bridgehead atoms. The average Bonchev–Trinajstić information content (AvgIpc) is 2.94. The van der Waals surface area contributed by atoms with E-state index in [0.29, 0.717) is 6.61 Å². The van der Waals surface area contributed by atoms with E-state index in [4.69, 9.17) is 10.5 Å². The van der Waals surface area contributed by atoms with Gasteiger partial charge in [-0.15, -0.1) is 0 Å². The zero-order chi connectivity index (χ0) is 12.7. The monoisotopic (exact) mass is 243 g/mol. The molecular weight excluding hydrogens is 226 g/mol. The van der Waals surface area contributed by atoms with Gasteiger partial charge in [0.05, 0.1) is 18.9 Å². The topological polar surface area (TPSA) is 53.1 Å². The highest BCUT2D eigenvalue weighted by atomic mass is 16.5. The fourth-order valence-corrected chi connectivity index (χ4v) is 2.48. The predicted octanol–water partition coefficient (Wildman–Crippen LogP) is 2.26. The predicted molar refractivity (Wildman–Crippen MR) is 70.9 cm³/mol. The molecule has 1 aromatic heterocycles. The molecule has 0 atom stereocenters. The van der Waals surface area contributed by atoms with Crippen LogP contribution in [-0.2, 0) is 31.4 Å². The lowest BCUT2D eigenvalue weighted by atomic mass is 10.0. The molecule has 0 fully saturated rings. The first kappa shape index (κ1) is 11.3. The molecule has 1 aliphatic rings. The molecule has 94 valence electrons. The van der Waals surface area contributed by atoms with Crippen LogP contribution in [-0.4, -0.2) is 9.78 Å². The quantitative estimate of drug-likeness (QED) is 0.880. The van der Waals surface area contributed by atoms with Crippen LogP contribution in [0.2, 0.25) is 0 Å². The van der Waals surface area contributed by atoms with E-state index in [0.717, 1.165) is 35.7 Å². The summed E-state index contributed by atoms with van der Waals surface area (Å²) in [6, 6.07) is 6.40. The van der Waals surface area contributed by atoms with E-state index < -0.39 is 0 Å². The number of rotatable bonds is 2. The summed E-state index contributed by atoms with van der Waals surface area (Å²) in [5.74, 6) is 0.754. The molecule has 0 saturated carbocycles. The Balaban J connectivity index is 2.12. The Morgan fingerprint density at radius 2 is 2.11 bits per heavy atom. The molecule has 0 unspecified atom stereocenters. The van der Waals surface area contributed by atoms with E-state index >= 15 is 0 Å². The zero-order valence-corrected chi connectivity index (χ0v) is 10.7. The Labute approximate surface area is 106 Å². The summed E-state index contributed by atoms with van der Waals surface area (Å²) in [4.78, 5) is 0. The standard InChI is InChI=1S/C14H17N3O/c1-3-12-13(16-17(2)14(12)15)9-4-5-10-7-18-8-11(10)6-9/h4-6H,3,7-8,15H2,1-2H3. The summed E-state index contributed by atoms with van der Waals surface area (Å²) in [5.41, 5.74) is 11.8. The van der Waals surface area contributed by atoms with Crippen LogP contribution in [0.1, 0.15) is 23.6 Å². The van der Waals surface area contributed by atoms with Gasteiger partial charge < -0.3 is 10.5 Å². The average molecular weight is 243 g/mol. The molecule has 4 nitrogen and oxygen atoms in total. The lowest BCUT2D eigenvalue weighted by Crippen LogP contribution is -1.98. The number of aryl methyl sites for hydroxylation is 1. The summed E-state index contributed by atoms with van der Waals surface area (Å²) in [7, 11) is 1.88. The number of nitrogen functional groups attached to an aromatic ring is 1. The number of benzene rings is 1. The number of fused-ring (bicyclic) bond motifs is 1. The number of aromatic nitrogens is 2. The van der Waals surface area contributed by atoms with E-state index in [1.807, 2.05) is 7.05 Å². The second-order valence-electron chi connectivity index (χ2n) is 4.67. The fourth-order valence-electron chi connectivity index (χ4n) is 2.48. The van der Waals surface area contributed by atoms with Crippen molar-refractivity contribution in [2.75, 3.05) is 5.73 Å². The van der Waals surface area contributed by atoms with Crippen molar-refractivity contribution >= 4 is 5.82 Å². The van der Waals surface area contributed by atoms with Crippen molar-refractivity contribution in [2.24, 2.45) is 7.05 Å². The lowest BCUT2D eigenvalue weighted by Gasteiger charge is -2.03. The largest absolute Gasteiger partial charge is 0.384 e. The number of ether oxygens (including phenoxy) is 1. The molecule has 1 aromatic carbocycles. The molecular formula is C14H17N3O. The maximum Gasteiger partial charge on any atom is 0.125 e. The van der Waals surface area contributed by atoms with Gasteiger partial charge in [-0.05, 0) is 23.6 Å². The third-order valence-electron chi connectivity index (χ3n) is 3.54. The number of nitrogens with zero attached hydrogens (tertiary/aromatic N) is 2. The molecule has 0 aliphatic carbocycles. The van der Waals surface area contributed by atoms with E-state index in [-0.39, 0.29) is 0 Å². The van der Waals surface area contributed by atoms with Gasteiger partial charge in [0, 0.05) is 18.2 Å². The molecule has 2 heterocycles. The van der Waals surface area contributed by atoms with Crippen LogP contribution in [0.25, 0.3) is 11.3 Å². The summed E-state index contributed by atoms with van der Waals surface area (Å²) in [6.45, 7) is 3.53. The Kier molecular flexibility index (Phi) is 2.59. The van der Waals surface area contributed by atoms with E-state index in [9.17, 15) is 0 Å². The Bertz CT molecular complexity index is 601. The summed E-state index contributed by atoms with van der Waals surface area (Å²) < 4.78 is 7.19. The number of hydrogen-bond donors (Lipinski definition) is 1. The van der Waals surface area contributed by atoms with E-state index in [2.05, 4.69) is 30.2 Å². The van der Waals surface area contributed by atoms with Gasteiger partial charge in [-0.25, -0.2) is 0 Å². The van der Waals surface area contributed by atoms with Crippen LogP contribution >= 0.6 is 0 Å². The summed E-state index contributed by atoms with van der Waals surface area (Å²) in [5, 5.41) is 4.53. The molecule has 0 spiro atoms. The van der Waals surface area contributed by atoms with Crippen molar-refractivity contribution in [3.8, 4) is 11.3 Å². The van der Waals surface area contributed by atoms with Crippen molar-refractivity contribution < 1.29 is 4.74 Å². The maximum atomic E-state index is 6.04. The van der Waals surface area contributed by atoms with Gasteiger partial charge in [0.2, 0.25) is 0 Å². The first-order chi connectivity index (χ1) is 8.70. The summed E-state index contributed by atoms with van der Waals surface area (Å²) in [6.07, 6.45) is 0.891. The van der Waals surface area contributed by atoms with Crippen molar-refractivity contribution in [3.05, 3.63) is 34.9 Å². The van der Waals surface area contributed by atoms with Gasteiger partial charge in [-0.2, -0.15) is 5.10 Å². The fraction of sp³-hybridized carbons (Fsp3) is 0.357. The number of nitrogens with two attached hydrogens (primary N) is 1. The molecule has 2 N–H and O–H groups in total. The van der Waals surface area contributed by atoms with Gasteiger partial charge in [0.1, 0.15) is 5.82 Å². The molecule has 0 radical (unpaired) electrons. The molecule has 0 saturated heterocycles. The molecule has 18 heavy (non-hydrogen) atoms. The third kappa shape index (κ3) is 1.61. The van der Waals surface area contributed by atoms with Crippen molar-refractivity contribution in [3.63, 3.8) is 0 Å². The molecule has 4 heteroatoms. The maximum absolute atomic E-state index is 6.04. The summed E-state index contributed by atoms with van der Waals surface area (Å²) >= 11 is 0. The van der Waals surface area contributed by atoms with Crippen LogP contribution in [0.3, 0.4) is 0 Å². The van der Waals surface area contributed by atoms with Crippen molar-refractivity contribution in [1.29, 1.82) is 0 Å². The Morgan fingerprint density at radius 1 is 1.33 bits per heavy atom. The lowest BCUT2D eigenvalue weighted by molar-refractivity contribution is 0.134. The van der Waals surface area contributed by atoms with Gasteiger partial charge in [0.25, 0.3) is 0 Å². The second-order valence-corrected chi connectivity index (χ2v) is 4.67. The van der Waals surface area contributed by atoms with Crippen LogP contribution < -0.4 is 5.73 Å². The van der Waals surface area contributed by atoms with Crippen LogP contribution in [0, 0.1) is 0 Å². The minimum Gasteiger partial charge on any atom is -0.384 e. The van der Waals surface area contributed by atoms with Crippen molar-refractivity contribution in [2.45, 2.75) is 26.6 Å². The highest BCUT2D eigenvalue weighted by Crippen LogP contribution is 2.30. The van der Waals surface area contributed by atoms with Crippen LogP contribution in [0.5, 0.6) is 0 Å². The second kappa shape index (κ2) is 4.14. The van der Waals surface area contributed by atoms with Gasteiger partial charge >= 0.3 is 0 Å². The Hall–Kier alpha value is -1.81. The number of anilines is 1. The minimum absolute atomic E-state index is 0.701. The first-order valence-electron chi connectivity index (χ1n) is 6.22. The van der Waals surface area contributed by atoms with Gasteiger partial charge in [-0.1, -0.05) is 19.1 Å². The Morgan fingerprint density at radius 3 is 2.89 bits per heavy atom. The van der Waals surface area contributed by atoms with Gasteiger partial charge in [0.15, 0.2) is 0 Å². The van der Waals surface area contributed by atoms with Gasteiger partial charge in [-0.3, -0.25) is 4.68 Å². The molecule has 2 aromatic rings. The highest BCUT2D eigenvalue weighted by Gasteiger charge is 2.17. The molecule has 3 rings (SSSR count). The van der Waals surface area contributed by atoms with E-state index in [1.54, 1.807) is 4.68 Å². The SMILES string of the molecule is CCc1c(-c2ccc3c(c2)COC3)nn(C)c1N. The van der Waals surface area contributed by atoms with Crippen molar-refractivity contribution in [1.82, 2.24) is 9.78 Å². The molecule has 0 amide bonds. The smallest absolute Gasteiger partial charge is 0.125 e. The van der Waals surface area contributed by atoms with Crippen LogP contribution in [0.15, 0.2) is 18.2 Å². The minimum atomic E-state index is 0.701. The first-order valence-corrected chi connectivity index (χ1v) is 6.22. The van der Waals surface area contributed by atoms with Crippen LogP contribution in [0.4, 0.5) is 5.82 Å².